The fourth-order valence-corrected chi connectivity index (χ4v) is 3.62. The lowest BCUT2D eigenvalue weighted by Gasteiger charge is -2.26. The fourth-order valence-electron chi connectivity index (χ4n) is 2.18. The quantitative estimate of drug-likeness (QED) is 0.716. The van der Waals surface area contributed by atoms with Gasteiger partial charge in [0, 0.05) is 36.6 Å². The standard InChI is InChI=1S/C10H16N2O3S/c13-9(14)2-1-3-11-10(15)12-5-8-4-7(12)6-16-8/h7-8H,1-6H2,(H,11,15)(H,13,14)/t7-,8-/m0/s1. The van der Waals surface area contributed by atoms with Crippen LogP contribution in [0.15, 0.2) is 0 Å². The van der Waals surface area contributed by atoms with Crippen molar-refractivity contribution in [1.29, 1.82) is 0 Å². The minimum Gasteiger partial charge on any atom is -0.481 e. The number of rotatable bonds is 4. The average Bonchev–Trinajstić information content (AvgIpc) is 2.85. The van der Waals surface area contributed by atoms with Crippen LogP contribution in [0.2, 0.25) is 0 Å². The van der Waals surface area contributed by atoms with Gasteiger partial charge in [0.15, 0.2) is 0 Å². The van der Waals surface area contributed by atoms with Crippen molar-refractivity contribution in [2.24, 2.45) is 0 Å². The van der Waals surface area contributed by atoms with E-state index in [1.165, 1.54) is 0 Å². The van der Waals surface area contributed by atoms with Gasteiger partial charge in [-0.05, 0) is 12.8 Å². The van der Waals surface area contributed by atoms with Crippen LogP contribution in [-0.2, 0) is 4.79 Å². The molecule has 2 bridgehead atoms. The maximum Gasteiger partial charge on any atom is 0.317 e. The Morgan fingerprint density at radius 2 is 2.31 bits per heavy atom. The molecule has 0 unspecified atom stereocenters. The van der Waals surface area contributed by atoms with Crippen molar-refractivity contribution in [2.75, 3.05) is 18.8 Å². The molecule has 2 fully saturated rings. The van der Waals surface area contributed by atoms with E-state index in [1.54, 1.807) is 0 Å². The number of carbonyl (C=O) groups excluding carboxylic acids is 1. The molecule has 0 spiro atoms. The molecule has 16 heavy (non-hydrogen) atoms. The highest BCUT2D eigenvalue weighted by Gasteiger charge is 2.40. The first-order valence-corrected chi connectivity index (χ1v) is 6.59. The van der Waals surface area contributed by atoms with Gasteiger partial charge in [-0.3, -0.25) is 4.79 Å². The number of carbonyl (C=O) groups is 2. The van der Waals surface area contributed by atoms with E-state index < -0.39 is 5.97 Å². The molecule has 2 atom stereocenters. The monoisotopic (exact) mass is 244 g/mol. The van der Waals surface area contributed by atoms with Crippen molar-refractivity contribution in [3.05, 3.63) is 0 Å². The molecule has 0 aliphatic carbocycles. The van der Waals surface area contributed by atoms with Crippen LogP contribution in [0.4, 0.5) is 4.79 Å². The highest BCUT2D eigenvalue weighted by molar-refractivity contribution is 8.00. The van der Waals surface area contributed by atoms with Crippen LogP contribution in [0.1, 0.15) is 19.3 Å². The second-order valence-corrected chi connectivity index (χ2v) is 5.56. The SMILES string of the molecule is O=C(O)CCCNC(=O)N1C[C@@H]2C[C@H]1CS2. The molecule has 0 saturated carbocycles. The molecule has 6 heteroatoms. The summed E-state index contributed by atoms with van der Waals surface area (Å²) in [5.74, 6) is 0.235. The molecular formula is C10H16N2O3S. The molecule has 0 aromatic heterocycles. The zero-order valence-corrected chi connectivity index (χ0v) is 9.83. The molecular weight excluding hydrogens is 228 g/mol. The maximum atomic E-state index is 11.7. The Bertz CT molecular complexity index is 298. The topological polar surface area (TPSA) is 69.6 Å². The molecule has 0 aromatic carbocycles. The molecule has 2 rings (SSSR count). The Balaban J connectivity index is 1.66. The summed E-state index contributed by atoms with van der Waals surface area (Å²) in [6, 6.07) is 0.368. The summed E-state index contributed by atoms with van der Waals surface area (Å²) in [5, 5.41) is 11.8. The van der Waals surface area contributed by atoms with Gasteiger partial charge in [0.25, 0.3) is 0 Å². The van der Waals surface area contributed by atoms with Crippen LogP contribution >= 0.6 is 11.8 Å². The summed E-state index contributed by atoms with van der Waals surface area (Å²) in [6.45, 7) is 1.30. The van der Waals surface area contributed by atoms with Crippen LogP contribution in [0.25, 0.3) is 0 Å². The molecule has 0 radical (unpaired) electrons. The van der Waals surface area contributed by atoms with Gasteiger partial charge in [0.2, 0.25) is 0 Å². The van der Waals surface area contributed by atoms with E-state index in [2.05, 4.69) is 5.32 Å². The van der Waals surface area contributed by atoms with Gasteiger partial charge in [-0.2, -0.15) is 11.8 Å². The first-order valence-electron chi connectivity index (χ1n) is 5.54. The summed E-state index contributed by atoms with van der Waals surface area (Å²) in [5.41, 5.74) is 0. The van der Waals surface area contributed by atoms with E-state index >= 15 is 0 Å². The number of fused-ring (bicyclic) bond motifs is 2. The van der Waals surface area contributed by atoms with Gasteiger partial charge in [0.1, 0.15) is 0 Å². The van der Waals surface area contributed by atoms with Gasteiger partial charge >= 0.3 is 12.0 Å². The summed E-state index contributed by atoms with van der Waals surface area (Å²) < 4.78 is 0. The van der Waals surface area contributed by atoms with Gasteiger partial charge < -0.3 is 15.3 Å². The Hall–Kier alpha value is -0.910. The lowest BCUT2D eigenvalue weighted by Crippen LogP contribution is -2.45. The third kappa shape index (κ3) is 2.61. The van der Waals surface area contributed by atoms with Crippen LogP contribution in [-0.4, -0.2) is 52.1 Å². The average molecular weight is 244 g/mol. The molecule has 2 aliphatic rings. The molecule has 2 amide bonds. The Morgan fingerprint density at radius 3 is 2.88 bits per heavy atom. The van der Waals surface area contributed by atoms with E-state index in [1.807, 2.05) is 16.7 Å². The molecule has 2 heterocycles. The van der Waals surface area contributed by atoms with Crippen LogP contribution in [0.3, 0.4) is 0 Å². The molecule has 2 saturated heterocycles. The number of thioether (sulfide) groups is 1. The molecule has 2 N–H and O–H groups in total. The summed E-state index contributed by atoms with van der Waals surface area (Å²) in [6.07, 6.45) is 1.73. The van der Waals surface area contributed by atoms with Crippen molar-refractivity contribution >= 4 is 23.8 Å². The van der Waals surface area contributed by atoms with E-state index in [9.17, 15) is 9.59 Å². The highest BCUT2D eigenvalue weighted by atomic mass is 32.2. The van der Waals surface area contributed by atoms with Crippen molar-refractivity contribution in [2.45, 2.75) is 30.6 Å². The Labute approximate surface area is 98.6 Å². The van der Waals surface area contributed by atoms with Crippen molar-refractivity contribution in [3.63, 3.8) is 0 Å². The number of carboxylic acids is 1. The molecule has 5 nitrogen and oxygen atoms in total. The summed E-state index contributed by atoms with van der Waals surface area (Å²) in [4.78, 5) is 23.9. The molecule has 90 valence electrons. The number of hydrogen-bond donors (Lipinski definition) is 2. The highest BCUT2D eigenvalue weighted by Crippen LogP contribution is 2.37. The van der Waals surface area contributed by atoms with E-state index in [-0.39, 0.29) is 12.5 Å². The minimum atomic E-state index is -0.814. The third-order valence-corrected chi connectivity index (χ3v) is 4.40. The lowest BCUT2D eigenvalue weighted by atomic mass is 10.2. The number of aliphatic carboxylic acids is 1. The number of hydrogen-bond acceptors (Lipinski definition) is 3. The second kappa shape index (κ2) is 4.95. The molecule has 0 aromatic rings. The lowest BCUT2D eigenvalue weighted by molar-refractivity contribution is -0.137. The summed E-state index contributed by atoms with van der Waals surface area (Å²) >= 11 is 1.95. The smallest absolute Gasteiger partial charge is 0.317 e. The van der Waals surface area contributed by atoms with Crippen molar-refractivity contribution in [1.82, 2.24) is 10.2 Å². The first kappa shape index (κ1) is 11.6. The predicted molar refractivity (Wildman–Crippen MR) is 61.6 cm³/mol. The predicted octanol–water partition coefficient (Wildman–Crippen LogP) is 0.751. The third-order valence-electron chi connectivity index (χ3n) is 3.00. The molecule has 2 aliphatic heterocycles. The number of carboxylic acid groups (broad SMARTS) is 1. The number of urea groups is 1. The Morgan fingerprint density at radius 1 is 1.50 bits per heavy atom. The number of amides is 2. The van der Waals surface area contributed by atoms with Crippen LogP contribution in [0, 0.1) is 0 Å². The zero-order valence-electron chi connectivity index (χ0n) is 9.02. The van der Waals surface area contributed by atoms with Gasteiger partial charge in [-0.1, -0.05) is 0 Å². The van der Waals surface area contributed by atoms with Gasteiger partial charge in [0.05, 0.1) is 0 Å². The Kier molecular flexibility index (Phi) is 3.58. The van der Waals surface area contributed by atoms with Crippen LogP contribution in [0.5, 0.6) is 0 Å². The van der Waals surface area contributed by atoms with E-state index in [0.29, 0.717) is 24.3 Å². The first-order chi connectivity index (χ1) is 7.66. The second-order valence-electron chi connectivity index (χ2n) is 4.23. The van der Waals surface area contributed by atoms with Gasteiger partial charge in [-0.25, -0.2) is 4.79 Å². The van der Waals surface area contributed by atoms with Crippen molar-refractivity contribution in [3.8, 4) is 0 Å². The van der Waals surface area contributed by atoms with Gasteiger partial charge in [-0.15, -0.1) is 0 Å². The van der Waals surface area contributed by atoms with Crippen molar-refractivity contribution < 1.29 is 14.7 Å². The fraction of sp³-hybridized carbons (Fsp3) is 0.800. The minimum absolute atomic E-state index is 0.0295. The largest absolute Gasteiger partial charge is 0.481 e. The maximum absolute atomic E-state index is 11.7. The number of nitrogens with zero attached hydrogens (tertiary/aromatic N) is 1. The number of likely N-dealkylation sites (tertiary alicyclic amines) is 1. The van der Waals surface area contributed by atoms with Crippen LogP contribution < -0.4 is 5.32 Å². The summed E-state index contributed by atoms with van der Waals surface area (Å²) in [7, 11) is 0. The van der Waals surface area contributed by atoms with E-state index in [4.69, 9.17) is 5.11 Å². The normalized spacial score (nSPS) is 27.1. The van der Waals surface area contributed by atoms with E-state index in [0.717, 1.165) is 18.7 Å². The zero-order chi connectivity index (χ0) is 11.5. The number of nitrogens with one attached hydrogen (secondary N) is 1.